The van der Waals surface area contributed by atoms with Crippen molar-refractivity contribution < 1.29 is 13.9 Å². The number of hydrogen-bond acceptors (Lipinski definition) is 3. The van der Waals surface area contributed by atoms with Gasteiger partial charge in [-0.2, -0.15) is 0 Å². The highest BCUT2D eigenvalue weighted by Crippen LogP contribution is 2.38. The monoisotopic (exact) mass is 360 g/mol. The molecule has 0 aliphatic heterocycles. The van der Waals surface area contributed by atoms with E-state index < -0.39 is 5.60 Å². The van der Waals surface area contributed by atoms with E-state index in [0.717, 1.165) is 39.4 Å². The molecule has 27 heavy (non-hydrogen) atoms. The van der Waals surface area contributed by atoms with E-state index in [2.05, 4.69) is 13.0 Å². The summed E-state index contributed by atoms with van der Waals surface area (Å²) in [5, 5.41) is 12.0. The molecule has 0 fully saturated rings. The smallest absolute Gasteiger partial charge is 0.138 e. The molecule has 4 rings (SSSR count). The second-order valence-corrected chi connectivity index (χ2v) is 7.45. The number of fused-ring (bicyclic) bond motifs is 1. The zero-order chi connectivity index (χ0) is 19.0. The summed E-state index contributed by atoms with van der Waals surface area (Å²) in [6, 6.07) is 19.9. The van der Waals surface area contributed by atoms with Crippen LogP contribution in [0.2, 0.25) is 0 Å². The summed E-state index contributed by atoms with van der Waals surface area (Å²) in [4.78, 5) is 0. The normalized spacial score (nSPS) is 13.8. The summed E-state index contributed by atoms with van der Waals surface area (Å²) in [6.07, 6.45) is 1.17. The minimum absolute atomic E-state index is 0.558. The first-order chi connectivity index (χ1) is 12.9. The van der Waals surface area contributed by atoms with E-state index >= 15 is 0 Å². The topological polar surface area (TPSA) is 46.5 Å². The summed E-state index contributed by atoms with van der Waals surface area (Å²) >= 11 is 0. The molecule has 0 unspecified atom stereocenters. The largest absolute Gasteiger partial charge is 0.461 e. The lowest BCUT2D eigenvalue weighted by Crippen LogP contribution is -2.21. The second kappa shape index (κ2) is 6.75. The maximum atomic E-state index is 11.0. The molecule has 0 radical (unpaired) electrons. The molecule has 3 nitrogen and oxygen atoms in total. The van der Waals surface area contributed by atoms with Crippen LogP contribution in [0.1, 0.15) is 36.0 Å². The lowest BCUT2D eigenvalue weighted by molar-refractivity contribution is 0.0468. The fraction of sp³-hybridized carbons (Fsp3) is 0.250. The average Bonchev–Trinajstić information content (AvgIpc) is 3.23. The molecule has 0 spiro atoms. The Morgan fingerprint density at radius 2 is 1.70 bits per heavy atom. The second-order valence-electron chi connectivity index (χ2n) is 7.45. The van der Waals surface area contributed by atoms with Gasteiger partial charge < -0.3 is 13.9 Å². The van der Waals surface area contributed by atoms with Gasteiger partial charge in [0.15, 0.2) is 0 Å². The molecule has 1 atom stereocenters. The van der Waals surface area contributed by atoms with Crippen molar-refractivity contribution in [3.63, 3.8) is 0 Å². The van der Waals surface area contributed by atoms with Gasteiger partial charge in [-0.15, -0.1) is 0 Å². The van der Waals surface area contributed by atoms with Gasteiger partial charge in [-0.3, -0.25) is 0 Å². The van der Waals surface area contributed by atoms with Gasteiger partial charge in [-0.1, -0.05) is 42.0 Å². The minimum atomic E-state index is -0.924. The zero-order valence-electron chi connectivity index (χ0n) is 16.0. The molecule has 0 amide bonds. The van der Waals surface area contributed by atoms with Crippen LogP contribution < -0.4 is 0 Å². The van der Waals surface area contributed by atoms with Gasteiger partial charge in [0, 0.05) is 11.8 Å². The molecule has 4 aromatic rings. The van der Waals surface area contributed by atoms with E-state index in [1.165, 1.54) is 5.56 Å². The van der Waals surface area contributed by atoms with E-state index in [1.54, 1.807) is 0 Å². The molecule has 1 N–H and O–H groups in total. The van der Waals surface area contributed by atoms with Crippen molar-refractivity contribution in [2.24, 2.45) is 0 Å². The van der Waals surface area contributed by atoms with Crippen LogP contribution in [-0.4, -0.2) is 5.11 Å². The van der Waals surface area contributed by atoms with Crippen molar-refractivity contribution in [3.8, 4) is 11.3 Å². The van der Waals surface area contributed by atoms with Crippen LogP contribution in [0, 0.1) is 13.8 Å². The third kappa shape index (κ3) is 3.43. The quantitative estimate of drug-likeness (QED) is 0.464. The molecule has 3 heteroatoms. The Kier molecular flexibility index (Phi) is 4.40. The van der Waals surface area contributed by atoms with Crippen LogP contribution in [-0.2, 0) is 12.0 Å². The molecule has 2 aromatic carbocycles. The van der Waals surface area contributed by atoms with E-state index in [-0.39, 0.29) is 0 Å². The predicted octanol–water partition coefficient (Wildman–Crippen LogP) is 6.15. The third-order valence-electron chi connectivity index (χ3n) is 5.14. The van der Waals surface area contributed by atoms with Gasteiger partial charge in [0.05, 0.1) is 11.2 Å². The average molecular weight is 360 g/mol. The van der Waals surface area contributed by atoms with E-state index in [1.807, 2.05) is 68.4 Å². The Bertz CT molecular complexity index is 1070. The predicted molar refractivity (Wildman–Crippen MR) is 108 cm³/mol. The Labute approximate surface area is 159 Å². The number of rotatable bonds is 5. The number of aryl methyl sites for hydroxylation is 3. The highest BCUT2D eigenvalue weighted by molar-refractivity contribution is 5.94. The molecule has 0 aliphatic carbocycles. The highest BCUT2D eigenvalue weighted by atomic mass is 16.4. The lowest BCUT2D eigenvalue weighted by atomic mass is 9.90. The molecule has 2 aromatic heterocycles. The molecular weight excluding hydrogens is 336 g/mol. The first-order valence-corrected chi connectivity index (χ1v) is 9.31. The third-order valence-corrected chi connectivity index (χ3v) is 5.14. The zero-order valence-corrected chi connectivity index (χ0v) is 16.0. The van der Waals surface area contributed by atoms with Gasteiger partial charge >= 0.3 is 0 Å². The highest BCUT2D eigenvalue weighted by Gasteiger charge is 2.26. The van der Waals surface area contributed by atoms with Gasteiger partial charge in [-0.05, 0) is 57.0 Å². The Balaban J connectivity index is 1.73. The van der Waals surface area contributed by atoms with Gasteiger partial charge in [-0.25, -0.2) is 0 Å². The van der Waals surface area contributed by atoms with Gasteiger partial charge in [0.2, 0.25) is 0 Å². The Morgan fingerprint density at radius 3 is 2.41 bits per heavy atom. The Hall–Kier alpha value is -2.78. The molecular formula is C24H24O3. The molecule has 0 saturated heterocycles. The van der Waals surface area contributed by atoms with Crippen molar-refractivity contribution in [2.75, 3.05) is 0 Å². The van der Waals surface area contributed by atoms with Crippen LogP contribution in [0.3, 0.4) is 0 Å². The summed E-state index contributed by atoms with van der Waals surface area (Å²) in [5.74, 6) is 2.53. The molecule has 2 heterocycles. The van der Waals surface area contributed by atoms with Crippen molar-refractivity contribution in [1.82, 2.24) is 0 Å². The van der Waals surface area contributed by atoms with Crippen LogP contribution in [0.15, 0.2) is 69.5 Å². The fourth-order valence-corrected chi connectivity index (χ4v) is 3.58. The van der Waals surface area contributed by atoms with Crippen LogP contribution in [0.5, 0.6) is 0 Å². The first-order valence-electron chi connectivity index (χ1n) is 9.31. The van der Waals surface area contributed by atoms with Gasteiger partial charge in [0.1, 0.15) is 22.9 Å². The van der Waals surface area contributed by atoms with Crippen molar-refractivity contribution in [3.05, 3.63) is 83.3 Å². The van der Waals surface area contributed by atoms with Crippen molar-refractivity contribution in [1.29, 1.82) is 0 Å². The number of furan rings is 2. The maximum Gasteiger partial charge on any atom is 0.138 e. The lowest BCUT2D eigenvalue weighted by Gasteiger charge is -2.23. The van der Waals surface area contributed by atoms with Crippen molar-refractivity contribution >= 4 is 11.0 Å². The van der Waals surface area contributed by atoms with Crippen molar-refractivity contribution in [2.45, 2.75) is 39.2 Å². The van der Waals surface area contributed by atoms with Gasteiger partial charge in [0.25, 0.3) is 0 Å². The molecule has 0 saturated carbocycles. The molecule has 138 valence electrons. The van der Waals surface area contributed by atoms with Crippen LogP contribution >= 0.6 is 0 Å². The summed E-state index contributed by atoms with van der Waals surface area (Å²) in [5.41, 5.74) is 3.00. The summed E-state index contributed by atoms with van der Waals surface area (Å²) in [6.45, 7) is 5.87. The van der Waals surface area contributed by atoms with E-state index in [4.69, 9.17) is 8.83 Å². The number of benzene rings is 2. The minimum Gasteiger partial charge on any atom is -0.461 e. The number of aliphatic hydroxyl groups is 1. The van der Waals surface area contributed by atoms with Crippen LogP contribution in [0.4, 0.5) is 0 Å². The van der Waals surface area contributed by atoms with E-state index in [0.29, 0.717) is 12.8 Å². The van der Waals surface area contributed by atoms with Crippen LogP contribution in [0.25, 0.3) is 22.3 Å². The first kappa shape index (κ1) is 17.6. The maximum absolute atomic E-state index is 11.0. The summed E-state index contributed by atoms with van der Waals surface area (Å²) in [7, 11) is 0. The fourth-order valence-electron chi connectivity index (χ4n) is 3.58. The van der Waals surface area contributed by atoms with E-state index in [9.17, 15) is 5.11 Å². The standard InChI is InChI=1S/C24H24O3/c1-16-9-11-20-19(15-16)23(21-12-10-17(2)26-21)22(27-20)13-14-24(3,25)18-7-5-4-6-8-18/h4-12,15,25H,13-14H2,1-3H3/t24-/m1/s1. The molecule has 0 bridgehead atoms. The SMILES string of the molecule is Cc1ccc2oc(CC[C@@](C)(O)c3ccccc3)c(-c3ccc(C)o3)c2c1. The number of hydrogen-bond donors (Lipinski definition) is 1. The Morgan fingerprint density at radius 1 is 0.926 bits per heavy atom. The summed E-state index contributed by atoms with van der Waals surface area (Å²) < 4.78 is 12.1. The molecule has 0 aliphatic rings.